The normalized spacial score (nSPS) is 16.8. The van der Waals surface area contributed by atoms with Gasteiger partial charge < -0.3 is 46.0 Å². The fraction of sp³-hybridized carbons (Fsp3) is 0.606. The third kappa shape index (κ3) is 12.6. The standard InChI is InChI=1S/C33H45F8N7O8/c1-30(2,32(36,37)38)24(45-28(52)54-5)26(50)44-13-19(49)14-48(47-27(51)25(46-29(53)55-6)31(3,4)33(39,40)41)15-20-21(34)11-17(12-22(20)35)23(42)7-9-43-18-8-10-56-16-18/h7,9,11-12,18-19,24-25,42-43,49H,8,10,13-16H2,1-6H3,(H,44,50)(H,45,52)(H,46,53)(H,47,51)/b9-7-,42-23?/t18-,19-,24?,25-/m1/s1. The van der Waals surface area contributed by atoms with E-state index < -0.39 is 102 Å². The Balaban J connectivity index is 2.44. The average Bonchev–Trinajstić information content (AvgIpc) is 3.61. The van der Waals surface area contributed by atoms with Gasteiger partial charge in [-0.3, -0.25) is 15.0 Å². The number of benzene rings is 1. The maximum atomic E-state index is 15.5. The van der Waals surface area contributed by atoms with Crippen LogP contribution in [-0.4, -0.2) is 117 Å². The predicted molar refractivity (Wildman–Crippen MR) is 181 cm³/mol. The van der Waals surface area contributed by atoms with Gasteiger partial charge in [0.05, 0.1) is 49.5 Å². The summed E-state index contributed by atoms with van der Waals surface area (Å²) in [6, 6.07) is -3.31. The predicted octanol–water partition coefficient (Wildman–Crippen LogP) is 3.16. The Bertz CT molecular complexity index is 1580. The summed E-state index contributed by atoms with van der Waals surface area (Å²) in [6.07, 6.45) is -11.7. The van der Waals surface area contributed by atoms with Crippen molar-refractivity contribution in [3.63, 3.8) is 0 Å². The second-order valence-corrected chi connectivity index (χ2v) is 13.7. The highest BCUT2D eigenvalue weighted by Crippen LogP contribution is 2.41. The second kappa shape index (κ2) is 19.4. The molecule has 1 aromatic rings. The van der Waals surface area contributed by atoms with Gasteiger partial charge in [-0.1, -0.05) is 0 Å². The smallest absolute Gasteiger partial charge is 0.407 e. The number of nitrogens with zero attached hydrogens (tertiary/aromatic N) is 1. The zero-order chi connectivity index (χ0) is 42.8. The highest BCUT2D eigenvalue weighted by Gasteiger charge is 2.57. The molecule has 56 heavy (non-hydrogen) atoms. The molecule has 4 atom stereocenters. The van der Waals surface area contributed by atoms with Crippen LogP contribution in [0.1, 0.15) is 45.2 Å². The van der Waals surface area contributed by atoms with Gasteiger partial charge in [0.25, 0.3) is 5.91 Å². The molecule has 0 radical (unpaired) electrons. The molecule has 4 amide bonds. The van der Waals surface area contributed by atoms with Crippen molar-refractivity contribution < 1.29 is 73.6 Å². The van der Waals surface area contributed by atoms with Gasteiger partial charge in [0, 0.05) is 37.4 Å². The zero-order valence-corrected chi connectivity index (χ0v) is 31.1. The monoisotopic (exact) mass is 819 g/mol. The molecule has 0 saturated carbocycles. The molecule has 1 heterocycles. The number of hydrazine groups is 1. The molecule has 1 aliphatic heterocycles. The summed E-state index contributed by atoms with van der Waals surface area (Å²) >= 11 is 0. The highest BCUT2D eigenvalue weighted by atomic mass is 19.4. The summed E-state index contributed by atoms with van der Waals surface area (Å²) in [5.74, 6) is -5.70. The van der Waals surface area contributed by atoms with E-state index in [0.717, 1.165) is 26.4 Å². The van der Waals surface area contributed by atoms with E-state index in [1.54, 1.807) is 10.6 Å². The first-order valence-corrected chi connectivity index (χ1v) is 16.7. The molecule has 23 heteroatoms. The fourth-order valence-electron chi connectivity index (χ4n) is 4.97. The summed E-state index contributed by atoms with van der Waals surface area (Å²) in [5, 5.41) is 28.0. The van der Waals surface area contributed by atoms with Crippen molar-refractivity contribution in [3.8, 4) is 0 Å². The van der Waals surface area contributed by atoms with Crippen molar-refractivity contribution in [1.29, 1.82) is 5.41 Å². The number of allylic oxidation sites excluding steroid dienone is 1. The lowest BCUT2D eigenvalue weighted by atomic mass is 9.83. The van der Waals surface area contributed by atoms with Crippen LogP contribution in [-0.2, 0) is 30.3 Å². The lowest BCUT2D eigenvalue weighted by Crippen LogP contribution is -2.62. The molecule has 15 nitrogen and oxygen atoms in total. The summed E-state index contributed by atoms with van der Waals surface area (Å²) in [7, 11) is 1.62. The zero-order valence-electron chi connectivity index (χ0n) is 31.1. The van der Waals surface area contributed by atoms with E-state index in [0.29, 0.717) is 52.3 Å². The molecular weight excluding hydrogens is 774 g/mol. The number of methoxy groups -OCH3 is 2. The van der Waals surface area contributed by atoms with Crippen molar-refractivity contribution in [2.75, 3.05) is 40.5 Å². The van der Waals surface area contributed by atoms with Crippen molar-refractivity contribution >= 4 is 29.7 Å². The first-order valence-electron chi connectivity index (χ1n) is 16.7. The van der Waals surface area contributed by atoms with Crippen LogP contribution < -0.4 is 26.7 Å². The minimum Gasteiger partial charge on any atom is -0.453 e. The summed E-state index contributed by atoms with van der Waals surface area (Å²) in [6.45, 7) is 0.313. The molecule has 0 bridgehead atoms. The Kier molecular flexibility index (Phi) is 16.4. The number of aliphatic hydroxyl groups is 1. The molecule has 2 rings (SSSR count). The number of ether oxygens (including phenoxy) is 3. The molecule has 1 aliphatic rings. The van der Waals surface area contributed by atoms with Crippen LogP contribution in [0.3, 0.4) is 0 Å². The topological polar surface area (TPSA) is 203 Å². The van der Waals surface area contributed by atoms with E-state index >= 15 is 8.78 Å². The number of alkyl halides is 6. The molecule has 1 aromatic carbocycles. The molecule has 0 aliphatic carbocycles. The van der Waals surface area contributed by atoms with Gasteiger partial charge in [0.15, 0.2) is 0 Å². The third-order valence-corrected chi connectivity index (χ3v) is 8.85. The van der Waals surface area contributed by atoms with Gasteiger partial charge in [-0.05, 0) is 58.5 Å². The van der Waals surface area contributed by atoms with Crippen LogP contribution in [0, 0.1) is 27.9 Å². The van der Waals surface area contributed by atoms with Crippen LogP contribution in [0.15, 0.2) is 24.4 Å². The largest absolute Gasteiger partial charge is 0.453 e. The SMILES string of the molecule is COC(=O)NC(C(=O)NC[C@@H](O)CN(Cc1c(F)cc(C(=N)/C=C\N[C@@H]2CCOC2)cc1F)NC(=O)[C@@H](NC(=O)OC)C(C)(C)C(F)(F)F)C(C)(C)C(F)(F)F. The number of aliphatic hydroxyl groups excluding tert-OH is 1. The summed E-state index contributed by atoms with van der Waals surface area (Å²) < 4.78 is 128. The van der Waals surface area contributed by atoms with Crippen molar-refractivity contribution in [2.24, 2.45) is 10.8 Å². The Morgan fingerprint density at radius 2 is 1.43 bits per heavy atom. The highest BCUT2D eigenvalue weighted by molar-refractivity contribution is 6.06. The maximum absolute atomic E-state index is 15.5. The number of carbonyl (C=O) groups excluding carboxylic acids is 4. The summed E-state index contributed by atoms with van der Waals surface area (Å²) in [4.78, 5) is 50.1. The summed E-state index contributed by atoms with van der Waals surface area (Å²) in [5.41, 5.74) is -5.36. The van der Waals surface area contributed by atoms with Crippen LogP contribution in [0.25, 0.3) is 0 Å². The lowest BCUT2D eigenvalue weighted by molar-refractivity contribution is -0.221. The number of nitrogens with one attached hydrogen (secondary N) is 6. The molecule has 7 N–H and O–H groups in total. The van der Waals surface area contributed by atoms with Crippen LogP contribution in [0.4, 0.5) is 44.7 Å². The molecular formula is C33H45F8N7O8. The van der Waals surface area contributed by atoms with Gasteiger partial charge in [-0.25, -0.2) is 23.4 Å². The maximum Gasteiger partial charge on any atom is 0.407 e. The number of carbonyl (C=O) groups is 4. The molecule has 316 valence electrons. The average molecular weight is 820 g/mol. The van der Waals surface area contributed by atoms with Crippen LogP contribution in [0.5, 0.6) is 0 Å². The molecule has 1 unspecified atom stereocenters. The Morgan fingerprint density at radius 1 is 0.929 bits per heavy atom. The third-order valence-electron chi connectivity index (χ3n) is 8.85. The van der Waals surface area contributed by atoms with E-state index in [2.05, 4.69) is 14.8 Å². The Labute approximate surface area is 316 Å². The van der Waals surface area contributed by atoms with Gasteiger partial charge in [0.2, 0.25) is 5.91 Å². The van der Waals surface area contributed by atoms with E-state index in [-0.39, 0.29) is 17.3 Å². The number of halogens is 8. The first kappa shape index (κ1) is 47.4. The van der Waals surface area contributed by atoms with Gasteiger partial charge in [0.1, 0.15) is 23.7 Å². The second-order valence-electron chi connectivity index (χ2n) is 13.7. The van der Waals surface area contributed by atoms with Gasteiger partial charge in [-0.15, -0.1) is 0 Å². The van der Waals surface area contributed by atoms with E-state index in [1.165, 1.54) is 12.3 Å². The number of hydrogen-bond donors (Lipinski definition) is 7. The van der Waals surface area contributed by atoms with Crippen molar-refractivity contribution in [3.05, 3.63) is 47.2 Å². The first-order chi connectivity index (χ1) is 25.8. The van der Waals surface area contributed by atoms with Crippen LogP contribution >= 0.6 is 0 Å². The molecule has 1 fully saturated rings. The molecule has 0 spiro atoms. The lowest BCUT2D eigenvalue weighted by Gasteiger charge is -2.37. The fourth-order valence-corrected chi connectivity index (χ4v) is 4.97. The number of hydrogen-bond acceptors (Lipinski definition) is 11. The van der Waals surface area contributed by atoms with E-state index in [4.69, 9.17) is 10.1 Å². The van der Waals surface area contributed by atoms with Crippen molar-refractivity contribution in [2.45, 2.75) is 77.2 Å². The van der Waals surface area contributed by atoms with Gasteiger partial charge in [-0.2, -0.15) is 26.3 Å². The van der Waals surface area contributed by atoms with Crippen LogP contribution in [0.2, 0.25) is 0 Å². The minimum atomic E-state index is -5.14. The van der Waals surface area contributed by atoms with Crippen molar-refractivity contribution in [1.82, 2.24) is 31.7 Å². The number of rotatable bonds is 17. The molecule has 1 saturated heterocycles. The minimum absolute atomic E-state index is 0.0337. The van der Waals surface area contributed by atoms with E-state index in [1.807, 2.05) is 10.7 Å². The Hall–Kier alpha value is -4.77. The number of amides is 4. The van der Waals surface area contributed by atoms with E-state index in [9.17, 15) is 50.6 Å². The molecule has 0 aromatic heterocycles. The Morgan fingerprint density at radius 3 is 1.88 bits per heavy atom. The number of alkyl carbamates (subject to hydrolysis) is 2. The van der Waals surface area contributed by atoms with Gasteiger partial charge >= 0.3 is 24.5 Å². The quantitative estimate of drug-likeness (QED) is 0.0696.